The lowest BCUT2D eigenvalue weighted by Crippen LogP contribution is -2.32. The number of rotatable bonds is 2. The first-order valence-electron chi connectivity index (χ1n) is 13.0. The van der Waals surface area contributed by atoms with Crippen LogP contribution >= 0.6 is 0 Å². The maximum Gasteiger partial charge on any atom is 0.111 e. The van der Waals surface area contributed by atoms with Crippen LogP contribution in [0.2, 0.25) is 0 Å². The van der Waals surface area contributed by atoms with Crippen molar-refractivity contribution in [2.24, 2.45) is 5.41 Å². The summed E-state index contributed by atoms with van der Waals surface area (Å²) >= 11 is 0. The highest BCUT2D eigenvalue weighted by atomic mass is 16.5. The first-order valence-corrected chi connectivity index (χ1v) is 13.0. The third-order valence-electron chi connectivity index (χ3n) is 8.20. The van der Waals surface area contributed by atoms with Crippen LogP contribution in [0, 0.1) is 5.41 Å². The highest BCUT2D eigenvalue weighted by molar-refractivity contribution is 5.54. The summed E-state index contributed by atoms with van der Waals surface area (Å²) in [5.74, 6) is 0.308. The van der Waals surface area contributed by atoms with E-state index in [1.165, 1.54) is 40.8 Å². The van der Waals surface area contributed by atoms with E-state index >= 15 is 0 Å². The summed E-state index contributed by atoms with van der Waals surface area (Å²) in [6.07, 6.45) is 5.60. The Morgan fingerprint density at radius 1 is 1.03 bits per heavy atom. The summed E-state index contributed by atoms with van der Waals surface area (Å²) in [7, 11) is 0. The standard InChI is InChI=1S/C30H41NO2.CH4/c1-18(2)26-24-25(23-21(31-26)16-29(6,7)17-22(23)32)30(14-8-9-15-30)33-27(24)19-10-12-20(13-11-19)28(3,4)5;/h10-13,18,22,27,32H,8-9,14-17H2,1-7H3;1H4/t22-,27+;/m0./s1. The van der Waals surface area contributed by atoms with Crippen molar-refractivity contribution < 1.29 is 9.84 Å². The molecule has 1 N–H and O–H groups in total. The van der Waals surface area contributed by atoms with E-state index in [0.29, 0.717) is 5.92 Å². The molecule has 5 rings (SSSR count). The number of ether oxygens (including phenoxy) is 1. The predicted octanol–water partition coefficient (Wildman–Crippen LogP) is 8.03. The van der Waals surface area contributed by atoms with Crippen LogP contribution in [0.1, 0.15) is 145 Å². The van der Waals surface area contributed by atoms with Crippen LogP contribution in [0.5, 0.6) is 0 Å². The largest absolute Gasteiger partial charge is 0.388 e. The molecule has 1 aliphatic heterocycles. The van der Waals surface area contributed by atoms with Crippen molar-refractivity contribution in [3.63, 3.8) is 0 Å². The zero-order valence-electron chi connectivity index (χ0n) is 21.6. The molecule has 2 aromatic rings. The molecular formula is C31H45NO2. The topological polar surface area (TPSA) is 42.4 Å². The number of nitrogens with zero attached hydrogens (tertiary/aromatic N) is 1. The Morgan fingerprint density at radius 3 is 2.21 bits per heavy atom. The molecule has 186 valence electrons. The summed E-state index contributed by atoms with van der Waals surface area (Å²) in [5.41, 5.74) is 8.41. The van der Waals surface area contributed by atoms with Crippen molar-refractivity contribution in [1.82, 2.24) is 4.98 Å². The normalized spacial score (nSPS) is 24.7. The molecule has 1 fully saturated rings. The molecule has 3 heteroatoms. The summed E-state index contributed by atoms with van der Waals surface area (Å²) in [6, 6.07) is 9.03. The van der Waals surface area contributed by atoms with E-state index in [2.05, 4.69) is 72.7 Å². The van der Waals surface area contributed by atoms with Gasteiger partial charge in [0.15, 0.2) is 0 Å². The summed E-state index contributed by atoms with van der Waals surface area (Å²) in [4.78, 5) is 5.28. The summed E-state index contributed by atoms with van der Waals surface area (Å²) in [6.45, 7) is 15.8. The Kier molecular flexibility index (Phi) is 6.31. The molecule has 1 aromatic carbocycles. The molecule has 3 nitrogen and oxygen atoms in total. The molecule has 2 aliphatic carbocycles. The van der Waals surface area contributed by atoms with E-state index in [0.717, 1.165) is 36.9 Å². The monoisotopic (exact) mass is 463 g/mol. The molecule has 1 aromatic heterocycles. The second kappa shape index (κ2) is 8.45. The van der Waals surface area contributed by atoms with E-state index in [4.69, 9.17) is 9.72 Å². The fourth-order valence-electron chi connectivity index (χ4n) is 6.57. The molecule has 2 heterocycles. The highest BCUT2D eigenvalue weighted by Crippen LogP contribution is 2.59. The molecule has 3 aliphatic rings. The van der Waals surface area contributed by atoms with Gasteiger partial charge in [-0.3, -0.25) is 4.98 Å². The number of fused-ring (bicyclic) bond motifs is 4. The van der Waals surface area contributed by atoms with E-state index in [1.807, 2.05) is 0 Å². The molecule has 0 saturated heterocycles. The van der Waals surface area contributed by atoms with Gasteiger partial charge in [-0.05, 0) is 59.1 Å². The lowest BCUT2D eigenvalue weighted by atomic mass is 9.70. The molecule has 1 saturated carbocycles. The van der Waals surface area contributed by atoms with Gasteiger partial charge in [0, 0.05) is 22.5 Å². The van der Waals surface area contributed by atoms with Gasteiger partial charge in [0.25, 0.3) is 0 Å². The van der Waals surface area contributed by atoms with Gasteiger partial charge in [-0.2, -0.15) is 0 Å². The average molecular weight is 464 g/mol. The fourth-order valence-corrected chi connectivity index (χ4v) is 6.57. The number of hydrogen-bond donors (Lipinski definition) is 1. The quantitative estimate of drug-likeness (QED) is 0.490. The van der Waals surface area contributed by atoms with Gasteiger partial charge in [0.2, 0.25) is 0 Å². The Bertz CT molecular complexity index is 1050. The Hall–Kier alpha value is -1.71. The van der Waals surface area contributed by atoms with Crippen LogP contribution in [0.4, 0.5) is 0 Å². The zero-order valence-corrected chi connectivity index (χ0v) is 21.6. The molecule has 2 atom stereocenters. The Morgan fingerprint density at radius 2 is 1.65 bits per heavy atom. The third-order valence-corrected chi connectivity index (χ3v) is 8.20. The summed E-state index contributed by atoms with van der Waals surface area (Å²) in [5, 5.41) is 11.4. The molecular weight excluding hydrogens is 418 g/mol. The predicted molar refractivity (Wildman–Crippen MR) is 140 cm³/mol. The van der Waals surface area contributed by atoms with E-state index in [1.54, 1.807) is 0 Å². The number of hydrogen-bond acceptors (Lipinski definition) is 3. The fraction of sp³-hybridized carbons (Fsp3) is 0.645. The van der Waals surface area contributed by atoms with Gasteiger partial charge >= 0.3 is 0 Å². The molecule has 34 heavy (non-hydrogen) atoms. The first-order chi connectivity index (χ1) is 15.4. The van der Waals surface area contributed by atoms with Crippen LogP contribution in [-0.2, 0) is 22.2 Å². The van der Waals surface area contributed by atoms with Crippen molar-refractivity contribution in [2.45, 2.75) is 124 Å². The number of benzene rings is 1. The molecule has 0 unspecified atom stereocenters. The third kappa shape index (κ3) is 4.03. The SMILES string of the molecule is C.CC(C)c1nc2c(c3c1[C@@H](c1ccc(C(C)(C)C)cc1)OC31CCCC1)[C@@H](O)CC(C)(C)C2. The van der Waals surface area contributed by atoms with Crippen molar-refractivity contribution in [2.75, 3.05) is 0 Å². The lowest BCUT2D eigenvalue weighted by Gasteiger charge is -2.38. The molecule has 1 spiro atoms. The van der Waals surface area contributed by atoms with Crippen LogP contribution in [-0.4, -0.2) is 10.1 Å². The lowest BCUT2D eigenvalue weighted by molar-refractivity contribution is -0.0580. The van der Waals surface area contributed by atoms with Gasteiger partial charge in [-0.15, -0.1) is 0 Å². The maximum absolute atomic E-state index is 11.4. The molecule has 0 amide bonds. The smallest absolute Gasteiger partial charge is 0.111 e. The van der Waals surface area contributed by atoms with Crippen molar-refractivity contribution >= 4 is 0 Å². The van der Waals surface area contributed by atoms with Gasteiger partial charge in [-0.25, -0.2) is 0 Å². The van der Waals surface area contributed by atoms with E-state index < -0.39 is 6.10 Å². The second-order valence-electron chi connectivity index (χ2n) is 12.9. The van der Waals surface area contributed by atoms with Crippen molar-refractivity contribution in [1.29, 1.82) is 0 Å². The summed E-state index contributed by atoms with van der Waals surface area (Å²) < 4.78 is 7.10. The number of aromatic nitrogens is 1. The van der Waals surface area contributed by atoms with E-state index in [9.17, 15) is 5.11 Å². The highest BCUT2D eigenvalue weighted by Gasteiger charge is 2.52. The average Bonchev–Trinajstić information content (AvgIpc) is 3.31. The van der Waals surface area contributed by atoms with Gasteiger partial charge in [0.1, 0.15) is 6.10 Å². The number of aliphatic hydroxyl groups excluding tert-OH is 1. The van der Waals surface area contributed by atoms with E-state index in [-0.39, 0.29) is 30.0 Å². The van der Waals surface area contributed by atoms with Gasteiger partial charge in [0.05, 0.1) is 11.7 Å². The molecule has 0 bridgehead atoms. The number of pyridine rings is 1. The minimum atomic E-state index is -0.464. The van der Waals surface area contributed by atoms with Crippen LogP contribution < -0.4 is 0 Å². The van der Waals surface area contributed by atoms with Crippen molar-refractivity contribution in [3.8, 4) is 0 Å². The maximum atomic E-state index is 11.4. The first kappa shape index (κ1) is 25.4. The minimum absolute atomic E-state index is 0. The van der Waals surface area contributed by atoms with Gasteiger partial charge < -0.3 is 9.84 Å². The van der Waals surface area contributed by atoms with Crippen LogP contribution in [0.25, 0.3) is 0 Å². The minimum Gasteiger partial charge on any atom is -0.388 e. The second-order valence-corrected chi connectivity index (χ2v) is 12.9. The zero-order chi connectivity index (χ0) is 23.8. The Labute approximate surface area is 207 Å². The van der Waals surface area contributed by atoms with Gasteiger partial charge in [-0.1, -0.05) is 93.0 Å². The number of aliphatic hydroxyl groups is 1. The van der Waals surface area contributed by atoms with Crippen molar-refractivity contribution in [3.05, 3.63) is 63.5 Å². The Balaban J connectivity index is 0.00000274. The van der Waals surface area contributed by atoms with Crippen LogP contribution in [0.15, 0.2) is 24.3 Å². The molecule has 0 radical (unpaired) electrons. The van der Waals surface area contributed by atoms with Crippen LogP contribution in [0.3, 0.4) is 0 Å².